The van der Waals surface area contributed by atoms with E-state index < -0.39 is 12.3 Å². The summed E-state index contributed by atoms with van der Waals surface area (Å²) in [5, 5.41) is 2.70. The second kappa shape index (κ2) is 9.18. The minimum atomic E-state index is -0.705. The summed E-state index contributed by atoms with van der Waals surface area (Å²) in [6, 6.07) is 15.0. The van der Waals surface area contributed by atoms with Crippen LogP contribution in [0.4, 0.5) is 9.18 Å². The molecular weight excluding hydrogens is 377 g/mol. The fraction of sp³-hybridized carbons (Fsp3) is 0.286. The third-order valence-corrected chi connectivity index (χ3v) is 4.52. The molecule has 3 amide bonds. The zero-order valence-corrected chi connectivity index (χ0v) is 16.0. The van der Waals surface area contributed by atoms with Crippen molar-refractivity contribution in [3.8, 4) is 0 Å². The molecule has 7 nitrogen and oxygen atoms in total. The standard InChI is InChI=1S/C21H22FN3O4/c1-15(26)23-19-12-24(21(28)29-14-17-5-3-2-4-6-17)13-20(27)25(19)11-16-7-9-18(22)10-8-16/h2-10,19H,11-14H2,1H3,(H,23,26). The Hall–Kier alpha value is -3.42. The van der Waals surface area contributed by atoms with E-state index in [1.165, 1.54) is 28.9 Å². The van der Waals surface area contributed by atoms with Crippen LogP contribution in [0.2, 0.25) is 0 Å². The maximum Gasteiger partial charge on any atom is 0.410 e. The van der Waals surface area contributed by atoms with Gasteiger partial charge >= 0.3 is 6.09 Å². The maximum atomic E-state index is 13.1. The molecule has 2 aromatic rings. The first-order valence-electron chi connectivity index (χ1n) is 9.19. The van der Waals surface area contributed by atoms with Crippen LogP contribution >= 0.6 is 0 Å². The number of carbonyl (C=O) groups is 3. The number of nitrogens with one attached hydrogen (secondary N) is 1. The molecule has 1 aliphatic heterocycles. The Bertz CT molecular complexity index is 873. The van der Waals surface area contributed by atoms with Gasteiger partial charge in [-0.2, -0.15) is 0 Å². The number of nitrogens with zero attached hydrogens (tertiary/aromatic N) is 2. The fourth-order valence-corrected chi connectivity index (χ4v) is 3.09. The first-order valence-corrected chi connectivity index (χ1v) is 9.19. The van der Waals surface area contributed by atoms with Crippen molar-refractivity contribution in [2.45, 2.75) is 26.2 Å². The zero-order valence-electron chi connectivity index (χ0n) is 16.0. The smallest absolute Gasteiger partial charge is 0.410 e. The first-order chi connectivity index (χ1) is 13.9. The van der Waals surface area contributed by atoms with Crippen molar-refractivity contribution < 1.29 is 23.5 Å². The van der Waals surface area contributed by atoms with E-state index in [4.69, 9.17) is 4.74 Å². The van der Waals surface area contributed by atoms with Crippen molar-refractivity contribution >= 4 is 17.9 Å². The Labute approximate surface area is 168 Å². The average molecular weight is 399 g/mol. The van der Waals surface area contributed by atoms with E-state index in [-0.39, 0.29) is 43.9 Å². The van der Waals surface area contributed by atoms with Gasteiger partial charge in [-0.3, -0.25) is 14.5 Å². The van der Waals surface area contributed by atoms with Gasteiger partial charge < -0.3 is 15.0 Å². The summed E-state index contributed by atoms with van der Waals surface area (Å²) in [4.78, 5) is 39.5. The second-order valence-corrected chi connectivity index (χ2v) is 6.79. The molecule has 29 heavy (non-hydrogen) atoms. The van der Waals surface area contributed by atoms with Crippen molar-refractivity contribution in [3.63, 3.8) is 0 Å². The number of carbonyl (C=O) groups excluding carboxylic acids is 3. The van der Waals surface area contributed by atoms with Crippen LogP contribution in [0.1, 0.15) is 18.1 Å². The molecule has 2 aromatic carbocycles. The molecule has 8 heteroatoms. The summed E-state index contributed by atoms with van der Waals surface area (Å²) in [6.45, 7) is 1.56. The van der Waals surface area contributed by atoms with E-state index in [1.54, 1.807) is 12.1 Å². The van der Waals surface area contributed by atoms with E-state index in [2.05, 4.69) is 5.32 Å². The summed E-state index contributed by atoms with van der Waals surface area (Å²) >= 11 is 0. The molecule has 0 aliphatic carbocycles. The molecule has 0 bridgehead atoms. The number of benzene rings is 2. The maximum absolute atomic E-state index is 13.1. The first kappa shape index (κ1) is 20.3. The summed E-state index contributed by atoms with van der Waals surface area (Å²) in [5.41, 5.74) is 1.55. The quantitative estimate of drug-likeness (QED) is 0.837. The number of rotatable bonds is 5. The van der Waals surface area contributed by atoms with Crippen LogP contribution in [-0.4, -0.2) is 47.0 Å². The molecule has 0 radical (unpaired) electrons. The molecule has 1 saturated heterocycles. The molecule has 0 spiro atoms. The molecule has 1 N–H and O–H groups in total. The van der Waals surface area contributed by atoms with E-state index in [0.29, 0.717) is 0 Å². The lowest BCUT2D eigenvalue weighted by Gasteiger charge is -2.40. The topological polar surface area (TPSA) is 79.0 Å². The van der Waals surface area contributed by atoms with Gasteiger partial charge in [-0.05, 0) is 23.3 Å². The molecule has 152 valence electrons. The normalized spacial score (nSPS) is 16.5. The molecule has 1 atom stereocenters. The SMILES string of the molecule is CC(=O)NC1CN(C(=O)OCc2ccccc2)CC(=O)N1Cc1ccc(F)cc1. The number of amides is 3. The molecule has 0 aromatic heterocycles. The van der Waals surface area contributed by atoms with Crippen LogP contribution in [0.25, 0.3) is 0 Å². The van der Waals surface area contributed by atoms with E-state index in [0.717, 1.165) is 11.1 Å². The Morgan fingerprint density at radius 2 is 1.79 bits per heavy atom. The fourth-order valence-electron chi connectivity index (χ4n) is 3.09. The molecule has 1 unspecified atom stereocenters. The third kappa shape index (κ3) is 5.54. The van der Waals surface area contributed by atoms with Crippen LogP contribution < -0.4 is 5.32 Å². The average Bonchev–Trinajstić information content (AvgIpc) is 2.70. The van der Waals surface area contributed by atoms with Gasteiger partial charge in [-0.15, -0.1) is 0 Å². The van der Waals surface area contributed by atoms with Crippen LogP contribution in [0.5, 0.6) is 0 Å². The number of hydrogen-bond acceptors (Lipinski definition) is 4. The highest BCUT2D eigenvalue weighted by molar-refractivity contribution is 5.84. The predicted octanol–water partition coefficient (Wildman–Crippen LogP) is 2.27. The van der Waals surface area contributed by atoms with Gasteiger partial charge in [0.15, 0.2) is 0 Å². The second-order valence-electron chi connectivity index (χ2n) is 6.79. The van der Waals surface area contributed by atoms with Crippen molar-refractivity contribution in [1.29, 1.82) is 0 Å². The lowest BCUT2D eigenvalue weighted by Crippen LogP contribution is -2.63. The summed E-state index contributed by atoms with van der Waals surface area (Å²) in [6.07, 6.45) is -1.33. The van der Waals surface area contributed by atoms with E-state index in [9.17, 15) is 18.8 Å². The minimum absolute atomic E-state index is 0.0917. The number of piperazine rings is 1. The van der Waals surface area contributed by atoms with Crippen LogP contribution in [0.3, 0.4) is 0 Å². The van der Waals surface area contributed by atoms with Crippen molar-refractivity contribution in [3.05, 3.63) is 71.5 Å². The Morgan fingerprint density at radius 3 is 2.45 bits per heavy atom. The third-order valence-electron chi connectivity index (χ3n) is 4.52. The van der Waals surface area contributed by atoms with Gasteiger partial charge in [0.2, 0.25) is 11.8 Å². The molecule has 1 heterocycles. The van der Waals surface area contributed by atoms with Crippen LogP contribution in [0, 0.1) is 5.82 Å². The van der Waals surface area contributed by atoms with Gasteiger partial charge in [-0.1, -0.05) is 42.5 Å². The molecule has 1 aliphatic rings. The lowest BCUT2D eigenvalue weighted by molar-refractivity contribution is -0.142. The van der Waals surface area contributed by atoms with Gasteiger partial charge in [0.25, 0.3) is 0 Å². The summed E-state index contributed by atoms with van der Waals surface area (Å²) in [7, 11) is 0. The lowest BCUT2D eigenvalue weighted by atomic mass is 10.1. The number of hydrogen-bond donors (Lipinski definition) is 1. The van der Waals surface area contributed by atoms with E-state index >= 15 is 0 Å². The van der Waals surface area contributed by atoms with Gasteiger partial charge in [0.05, 0.1) is 6.54 Å². The molecule has 0 saturated carbocycles. The van der Waals surface area contributed by atoms with Crippen LogP contribution in [-0.2, 0) is 27.5 Å². The van der Waals surface area contributed by atoms with Crippen molar-refractivity contribution in [2.75, 3.05) is 13.1 Å². The van der Waals surface area contributed by atoms with Gasteiger partial charge in [0.1, 0.15) is 25.1 Å². The highest BCUT2D eigenvalue weighted by atomic mass is 19.1. The van der Waals surface area contributed by atoms with Crippen LogP contribution in [0.15, 0.2) is 54.6 Å². The molecule has 1 fully saturated rings. The van der Waals surface area contributed by atoms with E-state index in [1.807, 2.05) is 30.3 Å². The van der Waals surface area contributed by atoms with Gasteiger partial charge in [-0.25, -0.2) is 9.18 Å². The van der Waals surface area contributed by atoms with Crippen molar-refractivity contribution in [2.24, 2.45) is 0 Å². The Kier molecular flexibility index (Phi) is 6.43. The van der Waals surface area contributed by atoms with Gasteiger partial charge in [0, 0.05) is 13.5 Å². The monoisotopic (exact) mass is 399 g/mol. The highest BCUT2D eigenvalue weighted by Crippen LogP contribution is 2.16. The Morgan fingerprint density at radius 1 is 1.10 bits per heavy atom. The predicted molar refractivity (Wildman–Crippen MR) is 103 cm³/mol. The Balaban J connectivity index is 1.67. The minimum Gasteiger partial charge on any atom is -0.445 e. The highest BCUT2D eigenvalue weighted by Gasteiger charge is 2.35. The summed E-state index contributed by atoms with van der Waals surface area (Å²) in [5.74, 6) is -1.04. The largest absolute Gasteiger partial charge is 0.445 e. The molecular formula is C21H22FN3O4. The molecule has 3 rings (SSSR count). The number of ether oxygens (including phenoxy) is 1. The van der Waals surface area contributed by atoms with Crippen molar-refractivity contribution in [1.82, 2.24) is 15.1 Å². The zero-order chi connectivity index (χ0) is 20.8. The number of halogens is 1. The summed E-state index contributed by atoms with van der Waals surface area (Å²) < 4.78 is 18.4.